The van der Waals surface area contributed by atoms with Crippen LogP contribution in [0.2, 0.25) is 0 Å². The Morgan fingerprint density at radius 2 is 0.481 bits per heavy atom. The predicted octanol–water partition coefficient (Wildman–Crippen LogP) is 23.8. The first-order valence-electron chi connectivity index (χ1n) is 34.4. The molecule has 0 radical (unpaired) electrons. The smallest absolute Gasteiger partial charge is 0.306 e. The van der Waals surface area contributed by atoms with Crippen molar-refractivity contribution < 1.29 is 28.6 Å². The molecule has 0 N–H and O–H groups in total. The molecule has 0 bridgehead atoms. The Kier molecular flexibility index (Phi) is 65.2. The van der Waals surface area contributed by atoms with Crippen LogP contribution in [-0.4, -0.2) is 37.2 Å². The first-order chi connectivity index (χ1) is 40.0. The summed E-state index contributed by atoms with van der Waals surface area (Å²) in [4.78, 5) is 38.3. The van der Waals surface area contributed by atoms with E-state index in [2.05, 4.69) is 130 Å². The van der Waals surface area contributed by atoms with E-state index in [0.29, 0.717) is 19.3 Å². The first kappa shape index (κ1) is 77.1. The molecule has 6 nitrogen and oxygen atoms in total. The van der Waals surface area contributed by atoms with E-state index in [1.807, 2.05) is 0 Å². The van der Waals surface area contributed by atoms with Crippen molar-refractivity contribution in [3.8, 4) is 0 Å². The monoisotopic (exact) mass is 1120 g/mol. The summed E-state index contributed by atoms with van der Waals surface area (Å²) in [7, 11) is 0. The number of rotatable bonds is 62. The quantitative estimate of drug-likeness (QED) is 0.0261. The average Bonchev–Trinajstić information content (AvgIpc) is 3.46. The van der Waals surface area contributed by atoms with Gasteiger partial charge in [0.15, 0.2) is 6.10 Å². The van der Waals surface area contributed by atoms with E-state index in [0.717, 1.165) is 116 Å². The van der Waals surface area contributed by atoms with Crippen molar-refractivity contribution in [1.82, 2.24) is 0 Å². The minimum absolute atomic E-state index is 0.0795. The number of allylic oxidation sites excluding steroid dienone is 18. The van der Waals surface area contributed by atoms with E-state index < -0.39 is 6.10 Å². The van der Waals surface area contributed by atoms with Crippen molar-refractivity contribution in [3.05, 3.63) is 109 Å². The van der Waals surface area contributed by atoms with Gasteiger partial charge in [0.05, 0.1) is 0 Å². The van der Waals surface area contributed by atoms with Crippen LogP contribution < -0.4 is 0 Å². The fraction of sp³-hybridized carbons (Fsp3) is 0.720. The van der Waals surface area contributed by atoms with Crippen LogP contribution in [-0.2, 0) is 28.6 Å². The van der Waals surface area contributed by atoms with Crippen molar-refractivity contribution in [2.45, 2.75) is 335 Å². The zero-order chi connectivity index (χ0) is 58.5. The topological polar surface area (TPSA) is 78.9 Å². The zero-order valence-corrected chi connectivity index (χ0v) is 53.3. The van der Waals surface area contributed by atoms with Gasteiger partial charge in [0, 0.05) is 19.3 Å². The lowest BCUT2D eigenvalue weighted by atomic mass is 10.0. The third-order valence-corrected chi connectivity index (χ3v) is 14.8. The molecule has 0 fully saturated rings. The van der Waals surface area contributed by atoms with Crippen molar-refractivity contribution in [1.29, 1.82) is 0 Å². The molecule has 1 unspecified atom stereocenters. The Morgan fingerprint density at radius 1 is 0.259 bits per heavy atom. The molecule has 0 amide bonds. The minimum atomic E-state index is -0.782. The number of carbonyl (C=O) groups is 3. The van der Waals surface area contributed by atoms with Crippen LogP contribution in [0.5, 0.6) is 0 Å². The van der Waals surface area contributed by atoms with Crippen LogP contribution in [0.3, 0.4) is 0 Å². The molecule has 464 valence electrons. The van der Waals surface area contributed by atoms with Crippen molar-refractivity contribution in [3.63, 3.8) is 0 Å². The first-order valence-corrected chi connectivity index (χ1v) is 34.4. The van der Waals surface area contributed by atoms with Gasteiger partial charge in [-0.25, -0.2) is 0 Å². The SMILES string of the molecule is CC/C=C\C/C=C\C/C=C\C/C=C\C/C=C\C/C=C\C/C=C\C/C=C\CCCCCCCCCCCCC(=O)OCC(COC(=O)CCCCCCC/C=C\CCCCCC)OC(=O)CCCCCCCCCCCCCCCCC. The molecule has 0 aromatic heterocycles. The van der Waals surface area contributed by atoms with Gasteiger partial charge in [0.1, 0.15) is 13.2 Å². The molecule has 0 rings (SSSR count). The fourth-order valence-electron chi connectivity index (χ4n) is 9.63. The Bertz CT molecular complexity index is 1620. The Balaban J connectivity index is 4.20. The van der Waals surface area contributed by atoms with Crippen molar-refractivity contribution >= 4 is 17.9 Å². The van der Waals surface area contributed by atoms with Crippen LogP contribution in [0.15, 0.2) is 109 Å². The van der Waals surface area contributed by atoms with Gasteiger partial charge in [0.25, 0.3) is 0 Å². The van der Waals surface area contributed by atoms with E-state index in [1.54, 1.807) is 0 Å². The highest BCUT2D eigenvalue weighted by molar-refractivity contribution is 5.71. The average molecular weight is 1130 g/mol. The summed E-state index contributed by atoms with van der Waals surface area (Å²) in [5.74, 6) is -0.879. The fourth-order valence-corrected chi connectivity index (χ4v) is 9.63. The van der Waals surface area contributed by atoms with Gasteiger partial charge in [-0.05, 0) is 109 Å². The summed E-state index contributed by atoms with van der Waals surface area (Å²) in [5, 5.41) is 0. The zero-order valence-electron chi connectivity index (χ0n) is 53.3. The molecular formula is C75H128O6. The van der Waals surface area contributed by atoms with Crippen LogP contribution in [0.25, 0.3) is 0 Å². The van der Waals surface area contributed by atoms with Gasteiger partial charge in [-0.3, -0.25) is 14.4 Å². The summed E-state index contributed by atoms with van der Waals surface area (Å²) in [5.41, 5.74) is 0. The molecule has 0 spiro atoms. The number of carbonyl (C=O) groups excluding carboxylic acids is 3. The van der Waals surface area contributed by atoms with E-state index in [1.165, 1.54) is 173 Å². The lowest BCUT2D eigenvalue weighted by molar-refractivity contribution is -0.167. The highest BCUT2D eigenvalue weighted by Gasteiger charge is 2.19. The molecule has 1 atom stereocenters. The van der Waals surface area contributed by atoms with Gasteiger partial charge in [-0.15, -0.1) is 0 Å². The van der Waals surface area contributed by atoms with Gasteiger partial charge in [0.2, 0.25) is 0 Å². The van der Waals surface area contributed by atoms with E-state index in [4.69, 9.17) is 14.2 Å². The molecule has 0 aliphatic rings. The lowest BCUT2D eigenvalue weighted by Gasteiger charge is -2.18. The second-order valence-electron chi connectivity index (χ2n) is 22.7. The normalized spacial score (nSPS) is 12.8. The maximum Gasteiger partial charge on any atom is 0.306 e. The Labute approximate surface area is 501 Å². The summed E-state index contributed by atoms with van der Waals surface area (Å²) in [6, 6.07) is 0. The molecule has 0 saturated heterocycles. The number of unbranched alkanes of at least 4 members (excludes halogenated alkanes) is 33. The predicted molar refractivity (Wildman–Crippen MR) is 353 cm³/mol. The van der Waals surface area contributed by atoms with Gasteiger partial charge in [-0.2, -0.15) is 0 Å². The maximum absolute atomic E-state index is 12.9. The molecule has 0 aromatic rings. The van der Waals surface area contributed by atoms with Crippen LogP contribution in [0.1, 0.15) is 329 Å². The molecule has 0 saturated carbocycles. The standard InChI is InChI=1S/C75H128O6/c1-4-7-10-13-16-19-22-25-27-28-29-30-31-32-33-34-35-36-37-38-39-40-41-42-43-44-45-46-48-50-53-56-59-62-65-68-74(77)80-71-72(70-79-73(76)67-64-61-58-55-52-49-24-21-18-15-12-9-6-3)81-75(78)69-66-63-60-57-54-51-47-26-23-20-17-14-11-8-5-2/h7,10,16,19,21,24-25,27,29-30,32-33,35-36,38-39,41-42,72H,4-6,8-9,11-15,17-18,20,22-23,26,28,31,34,37,40,43-71H2,1-3H3/b10-7-,19-16-,24-21-,27-25-,30-29-,33-32-,36-35-,39-38-,42-41-. The summed E-state index contributed by atoms with van der Waals surface area (Å²) < 4.78 is 16.9. The number of ether oxygens (including phenoxy) is 3. The maximum atomic E-state index is 12.9. The second kappa shape index (κ2) is 68.6. The van der Waals surface area contributed by atoms with Gasteiger partial charge in [-0.1, -0.05) is 310 Å². The van der Waals surface area contributed by atoms with Crippen molar-refractivity contribution in [2.24, 2.45) is 0 Å². The summed E-state index contributed by atoms with van der Waals surface area (Å²) >= 11 is 0. The third-order valence-electron chi connectivity index (χ3n) is 14.8. The van der Waals surface area contributed by atoms with E-state index in [-0.39, 0.29) is 31.1 Å². The number of esters is 3. The van der Waals surface area contributed by atoms with Gasteiger partial charge < -0.3 is 14.2 Å². The van der Waals surface area contributed by atoms with Crippen molar-refractivity contribution in [2.75, 3.05) is 13.2 Å². The summed E-state index contributed by atoms with van der Waals surface area (Å²) in [6.07, 6.45) is 93.9. The third kappa shape index (κ3) is 66.8. The second-order valence-corrected chi connectivity index (χ2v) is 22.7. The van der Waals surface area contributed by atoms with Gasteiger partial charge >= 0.3 is 17.9 Å². The van der Waals surface area contributed by atoms with E-state index in [9.17, 15) is 14.4 Å². The van der Waals surface area contributed by atoms with E-state index >= 15 is 0 Å². The molecule has 81 heavy (non-hydrogen) atoms. The molecule has 0 aromatic carbocycles. The molecular weight excluding hydrogens is 997 g/mol. The molecule has 0 aliphatic heterocycles. The lowest BCUT2D eigenvalue weighted by Crippen LogP contribution is -2.30. The summed E-state index contributed by atoms with van der Waals surface area (Å²) in [6.45, 7) is 6.53. The highest BCUT2D eigenvalue weighted by Crippen LogP contribution is 2.17. The molecule has 0 heterocycles. The van der Waals surface area contributed by atoms with Crippen LogP contribution in [0, 0.1) is 0 Å². The molecule has 0 aliphatic carbocycles. The Hall–Kier alpha value is -3.93. The van der Waals surface area contributed by atoms with Crippen LogP contribution >= 0.6 is 0 Å². The number of hydrogen-bond donors (Lipinski definition) is 0. The Morgan fingerprint density at radius 3 is 0.778 bits per heavy atom. The van der Waals surface area contributed by atoms with Crippen LogP contribution in [0.4, 0.5) is 0 Å². The minimum Gasteiger partial charge on any atom is -0.462 e. The number of hydrogen-bond acceptors (Lipinski definition) is 6. The largest absolute Gasteiger partial charge is 0.462 e. The highest BCUT2D eigenvalue weighted by atomic mass is 16.6. The molecule has 6 heteroatoms.